The van der Waals surface area contributed by atoms with Gasteiger partial charge in [-0.2, -0.15) is 0 Å². The molecule has 0 amide bonds. The number of hydrogen-bond donors (Lipinski definition) is 2. The zero-order valence-corrected chi connectivity index (χ0v) is 11.8. The van der Waals surface area contributed by atoms with Gasteiger partial charge in [0, 0.05) is 24.8 Å². The summed E-state index contributed by atoms with van der Waals surface area (Å²) in [6.07, 6.45) is 2.22. The van der Waals surface area contributed by atoms with Crippen LogP contribution in [0.4, 0.5) is 5.95 Å². The highest BCUT2D eigenvalue weighted by molar-refractivity contribution is 5.93. The average molecular weight is 262 g/mol. The molecule has 0 saturated carbocycles. The van der Waals surface area contributed by atoms with E-state index in [1.807, 2.05) is 6.92 Å². The van der Waals surface area contributed by atoms with Crippen LogP contribution in [0, 0.1) is 12.3 Å². The van der Waals surface area contributed by atoms with Gasteiger partial charge in [0.05, 0.1) is 0 Å². The molecule has 6 heteroatoms. The molecular formula is C13H22N6. The van der Waals surface area contributed by atoms with E-state index in [0.29, 0.717) is 17.7 Å². The van der Waals surface area contributed by atoms with Crippen molar-refractivity contribution in [3.63, 3.8) is 0 Å². The third-order valence-corrected chi connectivity index (χ3v) is 3.60. The first kappa shape index (κ1) is 13.7. The van der Waals surface area contributed by atoms with Crippen molar-refractivity contribution in [1.29, 1.82) is 5.41 Å². The largest absolute Gasteiger partial charge is 0.382 e. The molecule has 6 nitrogen and oxygen atoms in total. The maximum atomic E-state index is 7.49. The van der Waals surface area contributed by atoms with Crippen LogP contribution in [0.3, 0.4) is 0 Å². The van der Waals surface area contributed by atoms with Crippen LogP contribution in [-0.2, 0) is 0 Å². The molecule has 1 aromatic rings. The summed E-state index contributed by atoms with van der Waals surface area (Å²) in [5, 5.41) is 7.49. The van der Waals surface area contributed by atoms with E-state index >= 15 is 0 Å². The monoisotopic (exact) mass is 262 g/mol. The third kappa shape index (κ3) is 3.20. The van der Waals surface area contributed by atoms with Crippen LogP contribution in [0.15, 0.2) is 6.07 Å². The number of amidine groups is 1. The number of nitrogen functional groups attached to an aromatic ring is 1. The molecule has 0 radical (unpaired) electrons. The number of aromatic nitrogens is 2. The van der Waals surface area contributed by atoms with E-state index in [2.05, 4.69) is 33.9 Å². The lowest BCUT2D eigenvalue weighted by molar-refractivity contribution is 0.249. The number of nitrogens with one attached hydrogen (secondary N) is 1. The van der Waals surface area contributed by atoms with Gasteiger partial charge >= 0.3 is 0 Å². The van der Waals surface area contributed by atoms with Crippen molar-refractivity contribution < 1.29 is 0 Å². The van der Waals surface area contributed by atoms with Gasteiger partial charge in [-0.3, -0.25) is 5.41 Å². The molecule has 2 rings (SSSR count). The van der Waals surface area contributed by atoms with E-state index in [-0.39, 0.29) is 5.84 Å². The lowest BCUT2D eigenvalue weighted by atomic mass is 10.0. The normalized spacial score (nSPS) is 16.9. The summed E-state index contributed by atoms with van der Waals surface area (Å²) in [4.78, 5) is 13.3. The second-order valence-electron chi connectivity index (χ2n) is 5.29. The van der Waals surface area contributed by atoms with E-state index in [1.54, 1.807) is 6.07 Å². The smallest absolute Gasteiger partial charge is 0.226 e. The Hall–Kier alpha value is -1.69. The van der Waals surface area contributed by atoms with Crippen LogP contribution in [0.2, 0.25) is 0 Å². The fourth-order valence-corrected chi connectivity index (χ4v) is 2.41. The molecule has 0 spiro atoms. The van der Waals surface area contributed by atoms with Crippen LogP contribution in [0.1, 0.15) is 24.2 Å². The van der Waals surface area contributed by atoms with Gasteiger partial charge in [0.2, 0.25) is 5.95 Å². The first-order valence-corrected chi connectivity index (χ1v) is 6.59. The molecule has 1 aliphatic rings. The maximum absolute atomic E-state index is 7.49. The number of piperidine rings is 1. The molecule has 3 N–H and O–H groups in total. The Morgan fingerprint density at radius 3 is 2.53 bits per heavy atom. The van der Waals surface area contributed by atoms with Crippen molar-refractivity contribution in [1.82, 2.24) is 14.9 Å². The van der Waals surface area contributed by atoms with Crippen molar-refractivity contribution in [3.8, 4) is 0 Å². The second-order valence-corrected chi connectivity index (χ2v) is 5.29. The highest BCUT2D eigenvalue weighted by Gasteiger charge is 2.22. The Bertz CT molecular complexity index is 462. The summed E-state index contributed by atoms with van der Waals surface area (Å²) < 4.78 is 0. The Kier molecular flexibility index (Phi) is 3.99. The minimum absolute atomic E-state index is 0.00470. The third-order valence-electron chi connectivity index (χ3n) is 3.60. The molecule has 2 heterocycles. The van der Waals surface area contributed by atoms with Gasteiger partial charge in [-0.15, -0.1) is 0 Å². The molecule has 19 heavy (non-hydrogen) atoms. The fourth-order valence-electron chi connectivity index (χ4n) is 2.41. The van der Waals surface area contributed by atoms with Crippen LogP contribution < -0.4 is 10.6 Å². The van der Waals surface area contributed by atoms with Crippen molar-refractivity contribution in [2.45, 2.75) is 25.8 Å². The topological polar surface area (TPSA) is 82.1 Å². The summed E-state index contributed by atoms with van der Waals surface area (Å²) in [7, 11) is 4.24. The molecule has 0 bridgehead atoms. The van der Waals surface area contributed by atoms with Crippen LogP contribution in [0.5, 0.6) is 0 Å². The first-order chi connectivity index (χ1) is 8.97. The minimum Gasteiger partial charge on any atom is -0.382 e. The number of nitrogens with zero attached hydrogens (tertiary/aromatic N) is 4. The molecule has 104 valence electrons. The summed E-state index contributed by atoms with van der Waals surface area (Å²) in [6, 6.07) is 2.38. The van der Waals surface area contributed by atoms with E-state index in [0.717, 1.165) is 31.6 Å². The van der Waals surface area contributed by atoms with E-state index < -0.39 is 0 Å². The number of rotatable bonds is 3. The SMILES string of the molecule is Cc1cc(C(=N)N)nc(N2CCC(N(C)C)CC2)n1. The molecule has 1 aliphatic heterocycles. The summed E-state index contributed by atoms with van der Waals surface area (Å²) in [5.41, 5.74) is 6.87. The zero-order valence-electron chi connectivity index (χ0n) is 11.8. The van der Waals surface area contributed by atoms with Crippen LogP contribution in [0.25, 0.3) is 0 Å². The minimum atomic E-state index is -0.00470. The van der Waals surface area contributed by atoms with Gasteiger partial charge in [0.1, 0.15) is 11.5 Å². The number of aryl methyl sites for hydroxylation is 1. The van der Waals surface area contributed by atoms with Gasteiger partial charge in [-0.25, -0.2) is 9.97 Å². The highest BCUT2D eigenvalue weighted by Crippen LogP contribution is 2.19. The maximum Gasteiger partial charge on any atom is 0.226 e. The van der Waals surface area contributed by atoms with Gasteiger partial charge < -0.3 is 15.5 Å². The number of hydrogen-bond acceptors (Lipinski definition) is 5. The standard InChI is InChI=1S/C13H22N6/c1-9-8-11(12(14)15)17-13(16-9)19-6-4-10(5-7-19)18(2)3/h8,10H,4-7H2,1-3H3,(H3,14,15). The Morgan fingerprint density at radius 2 is 2.00 bits per heavy atom. The lowest BCUT2D eigenvalue weighted by Crippen LogP contribution is -2.42. The molecule has 1 saturated heterocycles. The predicted molar refractivity (Wildman–Crippen MR) is 76.7 cm³/mol. The lowest BCUT2D eigenvalue weighted by Gasteiger charge is -2.35. The van der Waals surface area contributed by atoms with Gasteiger partial charge in [0.15, 0.2) is 0 Å². The first-order valence-electron chi connectivity index (χ1n) is 6.59. The molecule has 0 aromatic carbocycles. The highest BCUT2D eigenvalue weighted by atomic mass is 15.3. The number of anilines is 1. The molecule has 0 atom stereocenters. The molecule has 0 aliphatic carbocycles. The predicted octanol–water partition coefficient (Wildman–Crippen LogP) is 0.599. The van der Waals surface area contributed by atoms with Gasteiger partial charge in [-0.05, 0) is 39.9 Å². The van der Waals surface area contributed by atoms with Crippen LogP contribution >= 0.6 is 0 Å². The Morgan fingerprint density at radius 1 is 1.37 bits per heavy atom. The number of nitrogens with two attached hydrogens (primary N) is 1. The zero-order chi connectivity index (χ0) is 14.0. The van der Waals surface area contributed by atoms with Crippen molar-refractivity contribution >= 4 is 11.8 Å². The summed E-state index contributed by atoms with van der Waals surface area (Å²) in [6.45, 7) is 3.80. The summed E-state index contributed by atoms with van der Waals surface area (Å²) >= 11 is 0. The van der Waals surface area contributed by atoms with Crippen LogP contribution in [-0.4, -0.2) is 53.9 Å². The van der Waals surface area contributed by atoms with E-state index in [4.69, 9.17) is 11.1 Å². The average Bonchev–Trinajstić information content (AvgIpc) is 2.38. The van der Waals surface area contributed by atoms with E-state index in [1.165, 1.54) is 0 Å². The van der Waals surface area contributed by atoms with Gasteiger partial charge in [0.25, 0.3) is 0 Å². The van der Waals surface area contributed by atoms with Gasteiger partial charge in [-0.1, -0.05) is 0 Å². The molecule has 1 aromatic heterocycles. The second kappa shape index (κ2) is 5.52. The van der Waals surface area contributed by atoms with Crippen molar-refractivity contribution in [3.05, 3.63) is 17.5 Å². The van der Waals surface area contributed by atoms with Crippen molar-refractivity contribution in [2.24, 2.45) is 5.73 Å². The Labute approximate surface area is 114 Å². The van der Waals surface area contributed by atoms with E-state index in [9.17, 15) is 0 Å². The molecule has 1 fully saturated rings. The van der Waals surface area contributed by atoms with Crippen molar-refractivity contribution in [2.75, 3.05) is 32.1 Å². The summed E-state index contributed by atoms with van der Waals surface area (Å²) in [5.74, 6) is 0.692. The molecular weight excluding hydrogens is 240 g/mol. The quantitative estimate of drug-likeness (QED) is 0.616. The molecule has 0 unspecified atom stereocenters. The fraction of sp³-hybridized carbons (Fsp3) is 0.615. The Balaban J connectivity index is 2.13.